The van der Waals surface area contributed by atoms with Gasteiger partial charge in [-0.2, -0.15) is 4.98 Å². The van der Waals surface area contributed by atoms with E-state index in [-0.39, 0.29) is 28.3 Å². The summed E-state index contributed by atoms with van der Waals surface area (Å²) in [6.07, 6.45) is -1.31. The number of nitrogens with one attached hydrogen (secondary N) is 1. The van der Waals surface area contributed by atoms with Crippen LogP contribution in [0.4, 0.5) is 20.3 Å². The Morgan fingerprint density at radius 1 is 1.42 bits per heavy atom. The number of ketones is 1. The van der Waals surface area contributed by atoms with Crippen molar-refractivity contribution in [3.05, 3.63) is 40.9 Å². The second kappa shape index (κ2) is 6.87. The lowest BCUT2D eigenvalue weighted by Gasteiger charge is -2.11. The maximum absolute atomic E-state index is 12.8. The van der Waals surface area contributed by atoms with Gasteiger partial charge in [-0.1, -0.05) is 12.1 Å². The smallest absolute Gasteiger partial charge is 0.256 e. The first-order chi connectivity index (χ1) is 12.3. The first kappa shape index (κ1) is 18.1. The van der Waals surface area contributed by atoms with Crippen molar-refractivity contribution in [1.82, 2.24) is 14.5 Å². The van der Waals surface area contributed by atoms with Crippen LogP contribution in [0, 0.1) is 6.92 Å². The fourth-order valence-electron chi connectivity index (χ4n) is 2.84. The molecule has 0 saturated heterocycles. The van der Waals surface area contributed by atoms with E-state index in [4.69, 9.17) is 11.6 Å². The molecule has 0 atom stereocenters. The second-order valence-corrected chi connectivity index (χ2v) is 6.06. The highest BCUT2D eigenvalue weighted by Crippen LogP contribution is 2.38. The molecule has 26 heavy (non-hydrogen) atoms. The predicted molar refractivity (Wildman–Crippen MR) is 94.7 cm³/mol. The lowest BCUT2D eigenvalue weighted by atomic mass is 10.1. The Morgan fingerprint density at radius 3 is 2.81 bits per heavy atom. The molecule has 6 nitrogen and oxygen atoms in total. The molecule has 3 rings (SSSR count). The summed E-state index contributed by atoms with van der Waals surface area (Å²) in [6, 6.07) is 5.07. The highest BCUT2D eigenvalue weighted by atomic mass is 35.5. The molecule has 0 bridgehead atoms. The molecule has 0 saturated carbocycles. The van der Waals surface area contributed by atoms with Crippen molar-refractivity contribution in [3.63, 3.8) is 0 Å². The van der Waals surface area contributed by atoms with Crippen LogP contribution in [0.5, 0.6) is 5.88 Å². The van der Waals surface area contributed by atoms with E-state index >= 15 is 0 Å². The van der Waals surface area contributed by atoms with E-state index in [1.54, 1.807) is 25.1 Å². The van der Waals surface area contributed by atoms with Crippen molar-refractivity contribution in [2.24, 2.45) is 0 Å². The third-order valence-corrected chi connectivity index (χ3v) is 4.23. The van der Waals surface area contributed by atoms with Gasteiger partial charge in [0.05, 0.1) is 23.2 Å². The molecule has 0 spiro atoms. The summed E-state index contributed by atoms with van der Waals surface area (Å²) in [6.45, 7) is 2.39. The number of benzene rings is 1. The number of hydrogen-bond acceptors (Lipinski definition) is 5. The van der Waals surface area contributed by atoms with Crippen molar-refractivity contribution in [1.29, 1.82) is 0 Å². The molecule has 0 fully saturated rings. The number of Topliss-reactive ketones (excluding diaryl/α,β-unsaturated/α-hetero) is 1. The molecule has 0 unspecified atom stereocenters. The highest BCUT2D eigenvalue weighted by molar-refractivity contribution is 6.28. The van der Waals surface area contributed by atoms with Gasteiger partial charge in [-0.15, -0.1) is 0 Å². The lowest BCUT2D eigenvalue weighted by Crippen LogP contribution is -2.07. The number of aryl methyl sites for hydroxylation is 1. The molecule has 3 aromatic rings. The average molecular weight is 381 g/mol. The van der Waals surface area contributed by atoms with Crippen LogP contribution < -0.4 is 5.32 Å². The summed E-state index contributed by atoms with van der Waals surface area (Å²) < 4.78 is 26.8. The molecule has 2 aromatic heterocycles. The number of fused-ring (bicyclic) bond motifs is 1. The normalized spacial score (nSPS) is 11.3. The minimum Gasteiger partial charge on any atom is -0.494 e. The number of carbonyl (C=O) groups is 1. The van der Waals surface area contributed by atoms with E-state index in [1.165, 1.54) is 13.1 Å². The van der Waals surface area contributed by atoms with Crippen LogP contribution in [0.25, 0.3) is 10.8 Å². The van der Waals surface area contributed by atoms with Crippen molar-refractivity contribution in [2.45, 2.75) is 26.8 Å². The van der Waals surface area contributed by atoms with Crippen LogP contribution in [0.1, 0.15) is 23.0 Å². The zero-order valence-electron chi connectivity index (χ0n) is 13.9. The molecule has 9 heteroatoms. The van der Waals surface area contributed by atoms with Gasteiger partial charge in [-0.25, -0.2) is 13.8 Å². The minimum absolute atomic E-state index is 0.0552. The number of anilines is 2. The third kappa shape index (κ3) is 3.20. The summed E-state index contributed by atoms with van der Waals surface area (Å²) in [4.78, 5) is 19.6. The first-order valence-electron chi connectivity index (χ1n) is 7.69. The quantitative estimate of drug-likeness (QED) is 0.509. The van der Waals surface area contributed by atoms with Gasteiger partial charge in [0.25, 0.3) is 6.43 Å². The fourth-order valence-corrected chi connectivity index (χ4v) is 2.97. The minimum atomic E-state index is -2.61. The number of aromatic hydroxyl groups is 1. The van der Waals surface area contributed by atoms with E-state index in [2.05, 4.69) is 15.3 Å². The van der Waals surface area contributed by atoms with Gasteiger partial charge in [0.15, 0.2) is 5.78 Å². The lowest BCUT2D eigenvalue weighted by molar-refractivity contribution is 0.101. The van der Waals surface area contributed by atoms with Crippen LogP contribution in [0.3, 0.4) is 0 Å². The summed E-state index contributed by atoms with van der Waals surface area (Å²) >= 11 is 5.81. The van der Waals surface area contributed by atoms with Crippen molar-refractivity contribution >= 4 is 39.7 Å². The standard InChI is InChI=1S/C17H15ClF2N4O2/c1-8-10-4-3-5-12(14(10)16(26)24(8)7-13(19)20)22-15-11(9(2)25)6-21-17(18)23-15/h3-6,13,26H,7H2,1-2H3,(H,21,22,23). The first-order valence-corrected chi connectivity index (χ1v) is 8.06. The van der Waals surface area contributed by atoms with E-state index < -0.39 is 13.0 Å². The summed E-state index contributed by atoms with van der Waals surface area (Å²) in [5.74, 6) is -0.388. The van der Waals surface area contributed by atoms with Crippen LogP contribution >= 0.6 is 11.6 Å². The third-order valence-electron chi connectivity index (χ3n) is 4.05. The number of hydrogen-bond donors (Lipinski definition) is 2. The van der Waals surface area contributed by atoms with Gasteiger partial charge < -0.3 is 15.0 Å². The van der Waals surface area contributed by atoms with E-state index in [0.29, 0.717) is 22.2 Å². The number of alkyl halides is 2. The molecule has 2 N–H and O–H groups in total. The number of nitrogens with zero attached hydrogens (tertiary/aromatic N) is 3. The van der Waals surface area contributed by atoms with Gasteiger partial charge in [0.1, 0.15) is 5.82 Å². The number of carbonyl (C=O) groups excluding carboxylic acids is 1. The Labute approximate surface area is 152 Å². The monoisotopic (exact) mass is 380 g/mol. The maximum atomic E-state index is 12.8. The summed E-state index contributed by atoms with van der Waals surface area (Å²) in [7, 11) is 0. The van der Waals surface area contributed by atoms with E-state index in [0.717, 1.165) is 4.57 Å². The molecule has 0 radical (unpaired) electrons. The molecule has 0 aliphatic heterocycles. The largest absolute Gasteiger partial charge is 0.494 e. The molecule has 0 amide bonds. The second-order valence-electron chi connectivity index (χ2n) is 5.72. The highest BCUT2D eigenvalue weighted by Gasteiger charge is 2.20. The number of halogens is 3. The Morgan fingerprint density at radius 2 is 2.15 bits per heavy atom. The molecular weight excluding hydrogens is 366 g/mol. The molecule has 0 aliphatic carbocycles. The SMILES string of the molecule is CC(=O)c1cnc(Cl)nc1Nc1cccc2c(C)n(CC(F)F)c(O)c12. The summed E-state index contributed by atoms with van der Waals surface area (Å²) in [5, 5.41) is 14.3. The van der Waals surface area contributed by atoms with Crippen molar-refractivity contribution in [2.75, 3.05) is 5.32 Å². The zero-order chi connectivity index (χ0) is 19.0. The van der Waals surface area contributed by atoms with Gasteiger partial charge >= 0.3 is 0 Å². The Bertz CT molecular complexity index is 1000. The average Bonchev–Trinajstić information content (AvgIpc) is 2.80. The Balaban J connectivity index is 2.16. The molecule has 2 heterocycles. The Hall–Kier alpha value is -2.74. The predicted octanol–water partition coefficient (Wildman–Crippen LogP) is 4.31. The zero-order valence-corrected chi connectivity index (χ0v) is 14.7. The van der Waals surface area contributed by atoms with Crippen LogP contribution in [0.2, 0.25) is 5.28 Å². The van der Waals surface area contributed by atoms with Gasteiger partial charge in [0.2, 0.25) is 11.2 Å². The molecular formula is C17H15ClF2N4O2. The van der Waals surface area contributed by atoms with Crippen LogP contribution in [0.15, 0.2) is 24.4 Å². The molecule has 136 valence electrons. The fraction of sp³-hybridized carbons (Fsp3) is 0.235. The van der Waals surface area contributed by atoms with Crippen LogP contribution in [-0.4, -0.2) is 31.9 Å². The van der Waals surface area contributed by atoms with Crippen molar-refractivity contribution < 1.29 is 18.7 Å². The molecule has 1 aromatic carbocycles. The van der Waals surface area contributed by atoms with Crippen molar-refractivity contribution in [3.8, 4) is 5.88 Å². The van der Waals surface area contributed by atoms with E-state index in [9.17, 15) is 18.7 Å². The van der Waals surface area contributed by atoms with E-state index in [1.807, 2.05) is 0 Å². The summed E-state index contributed by atoms with van der Waals surface area (Å²) in [5.41, 5.74) is 1.14. The molecule has 0 aliphatic rings. The van der Waals surface area contributed by atoms with Gasteiger partial charge in [-0.05, 0) is 31.5 Å². The maximum Gasteiger partial charge on any atom is 0.256 e. The van der Waals surface area contributed by atoms with Gasteiger partial charge in [0, 0.05) is 17.3 Å². The number of rotatable bonds is 5. The van der Waals surface area contributed by atoms with Gasteiger partial charge in [-0.3, -0.25) is 4.79 Å². The Kier molecular flexibility index (Phi) is 4.78. The van der Waals surface area contributed by atoms with Crippen LogP contribution in [-0.2, 0) is 6.54 Å². The topological polar surface area (TPSA) is 80.0 Å². The number of aromatic nitrogens is 3.